The van der Waals surface area contributed by atoms with E-state index in [2.05, 4.69) is 10.2 Å². The standard InChI is InChI=1S/C11H13FN2O4/c1-7(8-3-2-4-9(12)5-8)13-11(17)14-18-6-10(15)16/h2-5,7H,6H2,1H3,(H,15,16)(H2,13,14,17). The summed E-state index contributed by atoms with van der Waals surface area (Å²) >= 11 is 0. The molecule has 0 aromatic heterocycles. The van der Waals surface area contributed by atoms with Crippen molar-refractivity contribution in [2.45, 2.75) is 13.0 Å². The molecule has 98 valence electrons. The van der Waals surface area contributed by atoms with Gasteiger partial charge in [0.25, 0.3) is 0 Å². The van der Waals surface area contributed by atoms with Crippen LogP contribution in [-0.4, -0.2) is 23.7 Å². The van der Waals surface area contributed by atoms with Gasteiger partial charge in [0.05, 0.1) is 6.04 Å². The van der Waals surface area contributed by atoms with Gasteiger partial charge in [-0.3, -0.25) is 4.84 Å². The highest BCUT2D eigenvalue weighted by atomic mass is 19.1. The van der Waals surface area contributed by atoms with Gasteiger partial charge in [-0.15, -0.1) is 0 Å². The fraction of sp³-hybridized carbons (Fsp3) is 0.273. The first-order valence-electron chi connectivity index (χ1n) is 5.14. The number of hydrogen-bond acceptors (Lipinski definition) is 3. The van der Waals surface area contributed by atoms with Crippen molar-refractivity contribution in [1.29, 1.82) is 0 Å². The molecule has 1 atom stereocenters. The van der Waals surface area contributed by atoms with E-state index in [1.54, 1.807) is 13.0 Å². The van der Waals surface area contributed by atoms with Crippen LogP contribution in [0.3, 0.4) is 0 Å². The Morgan fingerprint density at radius 1 is 1.50 bits per heavy atom. The number of carboxylic acids is 1. The summed E-state index contributed by atoms with van der Waals surface area (Å²) in [5.74, 6) is -1.60. The number of halogens is 1. The van der Waals surface area contributed by atoms with Crippen LogP contribution in [0.15, 0.2) is 24.3 Å². The van der Waals surface area contributed by atoms with Crippen LogP contribution in [0.2, 0.25) is 0 Å². The summed E-state index contributed by atoms with van der Waals surface area (Å²) in [6, 6.07) is 4.64. The molecule has 0 spiro atoms. The number of amides is 2. The van der Waals surface area contributed by atoms with Gasteiger partial charge in [0.1, 0.15) is 5.82 Å². The number of hydrogen-bond donors (Lipinski definition) is 3. The summed E-state index contributed by atoms with van der Waals surface area (Å²) in [5, 5.41) is 10.7. The quantitative estimate of drug-likeness (QED) is 0.691. The molecule has 2 amide bonds. The van der Waals surface area contributed by atoms with Gasteiger partial charge in [0.15, 0.2) is 6.61 Å². The molecule has 7 heteroatoms. The summed E-state index contributed by atoms with van der Waals surface area (Å²) in [4.78, 5) is 25.8. The van der Waals surface area contributed by atoms with E-state index in [1.165, 1.54) is 18.2 Å². The predicted molar refractivity (Wildman–Crippen MR) is 60.1 cm³/mol. The topological polar surface area (TPSA) is 87.7 Å². The Kier molecular flexibility index (Phi) is 5.06. The lowest BCUT2D eigenvalue weighted by Gasteiger charge is -2.14. The molecule has 0 saturated carbocycles. The van der Waals surface area contributed by atoms with E-state index in [1.807, 2.05) is 5.48 Å². The van der Waals surface area contributed by atoms with Crippen molar-refractivity contribution in [3.05, 3.63) is 35.6 Å². The van der Waals surface area contributed by atoms with Crippen LogP contribution in [0.1, 0.15) is 18.5 Å². The monoisotopic (exact) mass is 256 g/mol. The van der Waals surface area contributed by atoms with E-state index in [-0.39, 0.29) is 0 Å². The molecule has 1 rings (SSSR count). The molecular weight excluding hydrogens is 243 g/mol. The predicted octanol–water partition coefficient (Wildman–Crippen LogP) is 1.20. The van der Waals surface area contributed by atoms with Gasteiger partial charge in [0.2, 0.25) is 0 Å². The summed E-state index contributed by atoms with van der Waals surface area (Å²) in [6.45, 7) is 1.02. The molecule has 1 unspecified atom stereocenters. The molecule has 0 fully saturated rings. The van der Waals surface area contributed by atoms with E-state index >= 15 is 0 Å². The molecule has 0 aliphatic rings. The molecule has 0 heterocycles. The second-order valence-corrected chi connectivity index (χ2v) is 3.53. The van der Waals surface area contributed by atoms with E-state index < -0.39 is 30.5 Å². The highest BCUT2D eigenvalue weighted by Gasteiger charge is 2.10. The van der Waals surface area contributed by atoms with Crippen molar-refractivity contribution in [3.63, 3.8) is 0 Å². The first-order valence-corrected chi connectivity index (χ1v) is 5.14. The van der Waals surface area contributed by atoms with Gasteiger partial charge in [-0.25, -0.2) is 19.5 Å². The third-order valence-electron chi connectivity index (χ3n) is 2.06. The Morgan fingerprint density at radius 2 is 2.22 bits per heavy atom. The minimum absolute atomic E-state index is 0.399. The van der Waals surface area contributed by atoms with Crippen molar-refractivity contribution in [3.8, 4) is 0 Å². The van der Waals surface area contributed by atoms with Crippen molar-refractivity contribution >= 4 is 12.0 Å². The number of hydroxylamine groups is 1. The molecule has 18 heavy (non-hydrogen) atoms. The lowest BCUT2D eigenvalue weighted by Crippen LogP contribution is -2.38. The van der Waals surface area contributed by atoms with Crippen molar-refractivity contribution in [1.82, 2.24) is 10.8 Å². The molecular formula is C11H13FN2O4. The fourth-order valence-electron chi connectivity index (χ4n) is 1.25. The zero-order valence-electron chi connectivity index (χ0n) is 9.64. The number of carbonyl (C=O) groups is 2. The highest BCUT2D eigenvalue weighted by Crippen LogP contribution is 2.12. The second-order valence-electron chi connectivity index (χ2n) is 3.53. The van der Waals surface area contributed by atoms with Crippen molar-refractivity contribution in [2.24, 2.45) is 0 Å². The minimum Gasteiger partial charge on any atom is -0.479 e. The lowest BCUT2D eigenvalue weighted by atomic mass is 10.1. The maximum Gasteiger partial charge on any atom is 0.339 e. The number of aliphatic carboxylic acids is 1. The van der Waals surface area contributed by atoms with Gasteiger partial charge in [-0.1, -0.05) is 12.1 Å². The molecule has 0 bridgehead atoms. The molecule has 6 nitrogen and oxygen atoms in total. The molecule has 0 saturated heterocycles. The van der Waals surface area contributed by atoms with Crippen LogP contribution in [0, 0.1) is 5.82 Å². The van der Waals surface area contributed by atoms with Gasteiger partial charge in [0, 0.05) is 0 Å². The van der Waals surface area contributed by atoms with Crippen LogP contribution < -0.4 is 10.8 Å². The summed E-state index contributed by atoms with van der Waals surface area (Å²) in [5.41, 5.74) is 2.49. The smallest absolute Gasteiger partial charge is 0.339 e. The van der Waals surface area contributed by atoms with Crippen LogP contribution >= 0.6 is 0 Å². The molecule has 1 aromatic carbocycles. The Bertz CT molecular complexity index is 439. The summed E-state index contributed by atoms with van der Waals surface area (Å²) < 4.78 is 12.9. The first kappa shape index (κ1) is 13.9. The molecule has 0 aliphatic carbocycles. The second kappa shape index (κ2) is 6.55. The molecule has 0 radical (unpaired) electrons. The number of carboxylic acid groups (broad SMARTS) is 1. The van der Waals surface area contributed by atoms with Gasteiger partial charge >= 0.3 is 12.0 Å². The van der Waals surface area contributed by atoms with Gasteiger partial charge in [-0.2, -0.15) is 0 Å². The number of nitrogens with one attached hydrogen (secondary N) is 2. The van der Waals surface area contributed by atoms with E-state index in [0.29, 0.717) is 5.56 Å². The Labute approximate surface area is 103 Å². The summed E-state index contributed by atoms with van der Waals surface area (Å²) in [7, 11) is 0. The third-order valence-corrected chi connectivity index (χ3v) is 2.06. The van der Waals surface area contributed by atoms with Gasteiger partial charge < -0.3 is 10.4 Å². The molecule has 1 aromatic rings. The van der Waals surface area contributed by atoms with Crippen molar-refractivity contribution < 1.29 is 23.9 Å². The summed E-state index contributed by atoms with van der Waals surface area (Å²) in [6.07, 6.45) is 0. The maximum absolute atomic E-state index is 12.9. The average molecular weight is 256 g/mol. The van der Waals surface area contributed by atoms with E-state index in [4.69, 9.17) is 5.11 Å². The highest BCUT2D eigenvalue weighted by molar-refractivity contribution is 5.73. The zero-order valence-corrected chi connectivity index (χ0v) is 9.64. The molecule has 0 aliphatic heterocycles. The van der Waals surface area contributed by atoms with Crippen LogP contribution in [0.5, 0.6) is 0 Å². The number of rotatable bonds is 5. The van der Waals surface area contributed by atoms with Crippen LogP contribution in [-0.2, 0) is 9.63 Å². The lowest BCUT2D eigenvalue weighted by molar-refractivity contribution is -0.144. The van der Waals surface area contributed by atoms with Gasteiger partial charge in [-0.05, 0) is 24.6 Å². The maximum atomic E-state index is 12.9. The SMILES string of the molecule is CC(NC(=O)NOCC(=O)O)c1cccc(F)c1. The number of carbonyl (C=O) groups excluding carboxylic acids is 1. The van der Waals surface area contributed by atoms with E-state index in [9.17, 15) is 14.0 Å². The van der Waals surface area contributed by atoms with Crippen LogP contribution in [0.4, 0.5) is 9.18 Å². The Balaban J connectivity index is 2.42. The fourth-order valence-corrected chi connectivity index (χ4v) is 1.25. The number of urea groups is 1. The Morgan fingerprint density at radius 3 is 2.83 bits per heavy atom. The van der Waals surface area contributed by atoms with Crippen LogP contribution in [0.25, 0.3) is 0 Å². The normalized spacial score (nSPS) is 11.7. The van der Waals surface area contributed by atoms with Crippen molar-refractivity contribution in [2.75, 3.05) is 6.61 Å². The largest absolute Gasteiger partial charge is 0.479 e. The van der Waals surface area contributed by atoms with E-state index in [0.717, 1.165) is 0 Å². The average Bonchev–Trinajstić information content (AvgIpc) is 2.28. The minimum atomic E-state index is -1.20. The third kappa shape index (κ3) is 4.79. The Hall–Kier alpha value is -2.15. The first-order chi connectivity index (χ1) is 8.49. The molecule has 3 N–H and O–H groups in total. The number of benzene rings is 1. The zero-order chi connectivity index (χ0) is 13.5.